The molecule has 4 heteroatoms. The molecule has 0 atom stereocenters. The average molecular weight is 292 g/mol. The summed E-state index contributed by atoms with van der Waals surface area (Å²) in [6.07, 6.45) is 2.95. The number of phenols is 1. The Balaban J connectivity index is 2.64. The lowest BCUT2D eigenvalue weighted by molar-refractivity contribution is -0.143. The number of aromatic hydroxyl groups is 1. The number of hydrogen-bond acceptors (Lipinski definition) is 3. The van der Waals surface area contributed by atoms with E-state index in [2.05, 4.69) is 0 Å². The smallest absolute Gasteiger partial charge is 0.314 e. The summed E-state index contributed by atoms with van der Waals surface area (Å²) in [5, 5.41) is 20.1. The van der Waals surface area contributed by atoms with E-state index in [-0.39, 0.29) is 11.2 Å². The van der Waals surface area contributed by atoms with Gasteiger partial charge in [0, 0.05) is 11.1 Å². The minimum atomic E-state index is -0.931. The summed E-state index contributed by atoms with van der Waals surface area (Å²) < 4.78 is 5.45. The fraction of sp³-hybridized carbons (Fsp3) is 0.588. The van der Waals surface area contributed by atoms with E-state index in [4.69, 9.17) is 4.74 Å². The molecule has 0 radical (unpaired) electrons. The molecule has 116 valence electrons. The van der Waals surface area contributed by atoms with Gasteiger partial charge >= 0.3 is 5.97 Å². The van der Waals surface area contributed by atoms with Crippen LogP contribution in [-0.4, -0.2) is 23.3 Å². The average Bonchev–Trinajstić information content (AvgIpc) is 2.87. The van der Waals surface area contributed by atoms with E-state index < -0.39 is 11.4 Å². The van der Waals surface area contributed by atoms with Gasteiger partial charge in [-0.2, -0.15) is 0 Å². The van der Waals surface area contributed by atoms with E-state index in [9.17, 15) is 15.0 Å². The maximum Gasteiger partial charge on any atom is 0.314 e. The number of carboxylic acid groups (broad SMARTS) is 1. The summed E-state index contributed by atoms with van der Waals surface area (Å²) in [5.74, 6) is -0.131. The van der Waals surface area contributed by atoms with Gasteiger partial charge in [0.25, 0.3) is 0 Å². The van der Waals surface area contributed by atoms with Crippen LogP contribution in [0.25, 0.3) is 0 Å². The summed E-state index contributed by atoms with van der Waals surface area (Å²) in [4.78, 5) is 11.8. The Labute approximate surface area is 125 Å². The highest BCUT2D eigenvalue weighted by atomic mass is 16.5. The quantitative estimate of drug-likeness (QED) is 0.893. The molecule has 1 aliphatic rings. The van der Waals surface area contributed by atoms with Crippen LogP contribution in [0.15, 0.2) is 12.1 Å². The number of benzene rings is 1. The molecule has 2 N–H and O–H groups in total. The first-order valence-electron chi connectivity index (χ1n) is 7.38. The lowest BCUT2D eigenvalue weighted by atomic mass is 9.76. The molecule has 1 saturated carbocycles. The van der Waals surface area contributed by atoms with Crippen molar-refractivity contribution in [3.05, 3.63) is 23.3 Å². The van der Waals surface area contributed by atoms with Crippen LogP contribution in [-0.2, 0) is 15.6 Å². The molecule has 1 fully saturated rings. The Morgan fingerprint density at radius 1 is 1.24 bits per heavy atom. The van der Waals surface area contributed by atoms with Gasteiger partial charge in [0.1, 0.15) is 11.5 Å². The molecule has 0 spiro atoms. The molecule has 0 saturated heterocycles. The molecule has 0 unspecified atom stereocenters. The van der Waals surface area contributed by atoms with Crippen molar-refractivity contribution in [2.75, 3.05) is 7.11 Å². The topological polar surface area (TPSA) is 66.8 Å². The zero-order valence-electron chi connectivity index (χ0n) is 13.2. The number of aliphatic carboxylic acids is 1. The van der Waals surface area contributed by atoms with Crippen LogP contribution in [0.4, 0.5) is 0 Å². The molecule has 0 heterocycles. The van der Waals surface area contributed by atoms with Gasteiger partial charge in [-0.1, -0.05) is 33.6 Å². The van der Waals surface area contributed by atoms with Crippen LogP contribution in [0.5, 0.6) is 11.5 Å². The van der Waals surface area contributed by atoms with E-state index in [1.165, 1.54) is 0 Å². The fourth-order valence-electron chi connectivity index (χ4n) is 3.29. The molecular weight excluding hydrogens is 268 g/mol. The standard InChI is InChI=1S/C17H24O4/c1-16(2,3)11-10-14(21-4)12(9-13(11)18)17(15(19)20)7-5-6-8-17/h9-10,18H,5-8H2,1-4H3,(H,19,20). The van der Waals surface area contributed by atoms with Gasteiger partial charge in [-0.15, -0.1) is 0 Å². The predicted octanol–water partition coefficient (Wildman–Crippen LogP) is 3.59. The molecule has 0 aromatic heterocycles. The van der Waals surface area contributed by atoms with Crippen LogP contribution in [0.1, 0.15) is 57.6 Å². The van der Waals surface area contributed by atoms with Gasteiger partial charge in [-0.05, 0) is 30.4 Å². The second kappa shape index (κ2) is 5.24. The highest BCUT2D eigenvalue weighted by Gasteiger charge is 2.45. The third kappa shape index (κ3) is 2.59. The Morgan fingerprint density at radius 3 is 2.24 bits per heavy atom. The molecule has 1 aromatic carbocycles. The Bertz CT molecular complexity index is 549. The monoisotopic (exact) mass is 292 g/mol. The van der Waals surface area contributed by atoms with E-state index in [1.54, 1.807) is 19.2 Å². The van der Waals surface area contributed by atoms with E-state index in [0.29, 0.717) is 24.2 Å². The number of rotatable bonds is 3. The largest absolute Gasteiger partial charge is 0.508 e. The highest BCUT2D eigenvalue weighted by molar-refractivity contribution is 5.83. The highest BCUT2D eigenvalue weighted by Crippen LogP contribution is 2.48. The number of ether oxygens (including phenoxy) is 1. The molecular formula is C17H24O4. The fourth-order valence-corrected chi connectivity index (χ4v) is 3.29. The van der Waals surface area contributed by atoms with Gasteiger partial charge in [-0.25, -0.2) is 0 Å². The van der Waals surface area contributed by atoms with Crippen molar-refractivity contribution in [3.63, 3.8) is 0 Å². The lowest BCUT2D eigenvalue weighted by Gasteiger charge is -2.29. The van der Waals surface area contributed by atoms with Crippen molar-refractivity contribution in [3.8, 4) is 11.5 Å². The Hall–Kier alpha value is -1.71. The van der Waals surface area contributed by atoms with Crippen molar-refractivity contribution in [2.45, 2.75) is 57.3 Å². The van der Waals surface area contributed by atoms with Crippen molar-refractivity contribution < 1.29 is 19.7 Å². The molecule has 2 rings (SSSR count). The minimum absolute atomic E-state index is 0.144. The second-order valence-electron chi connectivity index (χ2n) is 6.91. The van der Waals surface area contributed by atoms with Crippen molar-refractivity contribution in [1.82, 2.24) is 0 Å². The van der Waals surface area contributed by atoms with E-state index in [0.717, 1.165) is 18.4 Å². The summed E-state index contributed by atoms with van der Waals surface area (Å²) in [6, 6.07) is 3.38. The van der Waals surface area contributed by atoms with Crippen LogP contribution in [0, 0.1) is 0 Å². The van der Waals surface area contributed by atoms with Crippen LogP contribution >= 0.6 is 0 Å². The summed E-state index contributed by atoms with van der Waals surface area (Å²) in [6.45, 7) is 6.01. The molecule has 4 nitrogen and oxygen atoms in total. The molecule has 21 heavy (non-hydrogen) atoms. The van der Waals surface area contributed by atoms with Gasteiger partial charge in [-0.3, -0.25) is 4.79 Å². The third-order valence-corrected chi connectivity index (χ3v) is 4.51. The van der Waals surface area contributed by atoms with Crippen LogP contribution in [0.3, 0.4) is 0 Å². The number of carbonyl (C=O) groups is 1. The van der Waals surface area contributed by atoms with Crippen LogP contribution in [0.2, 0.25) is 0 Å². The molecule has 0 aliphatic heterocycles. The third-order valence-electron chi connectivity index (χ3n) is 4.51. The molecule has 1 aliphatic carbocycles. The molecule has 0 amide bonds. The van der Waals surface area contributed by atoms with E-state index >= 15 is 0 Å². The van der Waals surface area contributed by atoms with Gasteiger partial charge in [0.15, 0.2) is 0 Å². The second-order valence-corrected chi connectivity index (χ2v) is 6.91. The Kier molecular flexibility index (Phi) is 3.91. The molecule has 0 bridgehead atoms. The van der Waals surface area contributed by atoms with Crippen molar-refractivity contribution in [2.24, 2.45) is 0 Å². The van der Waals surface area contributed by atoms with Gasteiger partial charge in [0.05, 0.1) is 12.5 Å². The van der Waals surface area contributed by atoms with Crippen LogP contribution < -0.4 is 4.74 Å². The lowest BCUT2D eigenvalue weighted by Crippen LogP contribution is -2.33. The summed E-state index contributed by atoms with van der Waals surface area (Å²) >= 11 is 0. The number of carboxylic acids is 1. The Morgan fingerprint density at radius 2 is 1.81 bits per heavy atom. The zero-order chi connectivity index (χ0) is 15.8. The maximum atomic E-state index is 11.8. The van der Waals surface area contributed by atoms with Crippen molar-refractivity contribution in [1.29, 1.82) is 0 Å². The molecule has 1 aromatic rings. The van der Waals surface area contributed by atoms with Gasteiger partial charge in [0.2, 0.25) is 0 Å². The van der Waals surface area contributed by atoms with Gasteiger partial charge < -0.3 is 14.9 Å². The van der Waals surface area contributed by atoms with Crippen molar-refractivity contribution >= 4 is 5.97 Å². The normalized spacial score (nSPS) is 17.7. The zero-order valence-corrected chi connectivity index (χ0v) is 13.2. The predicted molar refractivity (Wildman–Crippen MR) is 81.1 cm³/mol. The summed E-state index contributed by atoms with van der Waals surface area (Å²) in [7, 11) is 1.55. The number of methoxy groups -OCH3 is 1. The number of hydrogen-bond donors (Lipinski definition) is 2. The van der Waals surface area contributed by atoms with E-state index in [1.807, 2.05) is 20.8 Å². The number of phenolic OH excluding ortho intramolecular Hbond substituents is 1. The SMILES string of the molecule is COc1cc(C(C)(C)C)c(O)cc1C1(C(=O)O)CCCC1. The first-order valence-corrected chi connectivity index (χ1v) is 7.38. The first-order chi connectivity index (χ1) is 9.72. The minimum Gasteiger partial charge on any atom is -0.508 e. The summed E-state index contributed by atoms with van der Waals surface area (Å²) in [5.41, 5.74) is 0.198. The first kappa shape index (κ1) is 15.7. The maximum absolute atomic E-state index is 11.8.